The van der Waals surface area contributed by atoms with E-state index in [0.717, 1.165) is 19.3 Å². The van der Waals surface area contributed by atoms with Crippen LogP contribution in [0.2, 0.25) is 0 Å². The molecule has 1 fully saturated rings. The van der Waals surface area contributed by atoms with Crippen molar-refractivity contribution >= 4 is 21.6 Å². The minimum atomic E-state index is -3.67. The molecule has 0 bridgehead atoms. The third-order valence-corrected chi connectivity index (χ3v) is 6.58. The normalized spacial score (nSPS) is 18.5. The Kier molecular flexibility index (Phi) is 5.38. The quantitative estimate of drug-likeness (QED) is 0.886. The Morgan fingerprint density at radius 1 is 1.15 bits per heavy atom. The third-order valence-electron chi connectivity index (χ3n) is 4.57. The Morgan fingerprint density at radius 2 is 1.92 bits per heavy atom. The highest BCUT2D eigenvalue weighted by molar-refractivity contribution is 7.89. The molecule has 26 heavy (non-hydrogen) atoms. The van der Waals surface area contributed by atoms with Crippen molar-refractivity contribution in [2.45, 2.75) is 37.1 Å². The van der Waals surface area contributed by atoms with Gasteiger partial charge in [-0.15, -0.1) is 0 Å². The van der Waals surface area contributed by atoms with Crippen LogP contribution in [-0.2, 0) is 10.0 Å². The van der Waals surface area contributed by atoms with Gasteiger partial charge in [-0.3, -0.25) is 4.79 Å². The second kappa shape index (κ2) is 7.55. The highest BCUT2D eigenvalue weighted by Gasteiger charge is 2.31. The maximum atomic E-state index is 13.7. The molecule has 3 rings (SSSR count). The molecule has 0 aromatic heterocycles. The molecule has 2 aromatic rings. The zero-order chi connectivity index (χ0) is 18.7. The number of carbonyl (C=O) groups is 1. The maximum Gasteiger partial charge on any atom is 0.255 e. The van der Waals surface area contributed by atoms with E-state index in [1.54, 1.807) is 6.07 Å². The van der Waals surface area contributed by atoms with E-state index in [1.807, 2.05) is 6.92 Å². The highest BCUT2D eigenvalue weighted by atomic mass is 32.2. The lowest BCUT2D eigenvalue weighted by Crippen LogP contribution is -2.41. The lowest BCUT2D eigenvalue weighted by atomic mass is 10.1. The van der Waals surface area contributed by atoms with Crippen LogP contribution < -0.4 is 5.32 Å². The van der Waals surface area contributed by atoms with Crippen LogP contribution in [0.1, 0.15) is 36.5 Å². The van der Waals surface area contributed by atoms with Crippen LogP contribution in [0, 0.1) is 5.82 Å². The number of benzene rings is 2. The molecule has 2 aromatic carbocycles. The molecule has 0 radical (unpaired) electrons. The van der Waals surface area contributed by atoms with Gasteiger partial charge in [-0.1, -0.05) is 24.6 Å². The Bertz CT molecular complexity index is 915. The van der Waals surface area contributed by atoms with E-state index in [1.165, 1.54) is 46.8 Å². The number of nitrogens with zero attached hydrogens (tertiary/aromatic N) is 1. The van der Waals surface area contributed by atoms with Gasteiger partial charge in [0, 0.05) is 18.2 Å². The summed E-state index contributed by atoms with van der Waals surface area (Å²) in [5.41, 5.74) is 0.217. The number of hydrogen-bond donors (Lipinski definition) is 1. The number of nitrogens with one attached hydrogen (secondary N) is 1. The number of piperidine rings is 1. The summed E-state index contributed by atoms with van der Waals surface area (Å²) < 4.78 is 41.0. The summed E-state index contributed by atoms with van der Waals surface area (Å²) in [5, 5.41) is 2.47. The van der Waals surface area contributed by atoms with Gasteiger partial charge >= 0.3 is 0 Å². The summed E-state index contributed by atoms with van der Waals surface area (Å²) in [4.78, 5) is 12.5. The number of amides is 1. The fraction of sp³-hybridized carbons (Fsp3) is 0.316. The summed E-state index contributed by atoms with van der Waals surface area (Å²) in [6, 6.07) is 11.6. The summed E-state index contributed by atoms with van der Waals surface area (Å²) in [5.74, 6) is -1.11. The van der Waals surface area contributed by atoms with Crippen molar-refractivity contribution in [1.82, 2.24) is 4.31 Å². The van der Waals surface area contributed by atoms with Gasteiger partial charge in [-0.05, 0) is 50.1 Å². The minimum Gasteiger partial charge on any atom is -0.319 e. The van der Waals surface area contributed by atoms with Crippen LogP contribution in [0.25, 0.3) is 0 Å². The zero-order valence-corrected chi connectivity index (χ0v) is 15.3. The maximum absolute atomic E-state index is 13.7. The molecular formula is C19H21FN2O3S. The minimum absolute atomic E-state index is 0.0513. The van der Waals surface area contributed by atoms with Crippen molar-refractivity contribution in [3.8, 4) is 0 Å². The van der Waals surface area contributed by atoms with E-state index in [2.05, 4.69) is 5.32 Å². The van der Waals surface area contributed by atoms with Gasteiger partial charge < -0.3 is 5.32 Å². The molecular weight excluding hydrogens is 355 g/mol. The van der Waals surface area contributed by atoms with Gasteiger partial charge in [0.25, 0.3) is 5.91 Å². The topological polar surface area (TPSA) is 66.5 Å². The molecule has 0 unspecified atom stereocenters. The van der Waals surface area contributed by atoms with Crippen molar-refractivity contribution in [3.05, 3.63) is 59.9 Å². The lowest BCUT2D eigenvalue weighted by Gasteiger charge is -2.32. The largest absolute Gasteiger partial charge is 0.319 e. The zero-order valence-electron chi connectivity index (χ0n) is 14.5. The van der Waals surface area contributed by atoms with Crippen molar-refractivity contribution in [3.63, 3.8) is 0 Å². The van der Waals surface area contributed by atoms with Gasteiger partial charge in [0.15, 0.2) is 0 Å². The first-order chi connectivity index (χ1) is 12.4. The van der Waals surface area contributed by atoms with Crippen LogP contribution in [0.5, 0.6) is 0 Å². The first-order valence-corrected chi connectivity index (χ1v) is 10.0. The summed E-state index contributed by atoms with van der Waals surface area (Å²) in [7, 11) is -3.67. The number of para-hydroxylation sites is 1. The molecule has 1 amide bonds. The summed E-state index contributed by atoms with van der Waals surface area (Å²) in [6.45, 7) is 2.38. The summed E-state index contributed by atoms with van der Waals surface area (Å²) in [6.07, 6.45) is 2.67. The Hall–Kier alpha value is -2.25. The molecule has 1 aliphatic rings. The van der Waals surface area contributed by atoms with Crippen molar-refractivity contribution in [1.29, 1.82) is 0 Å². The predicted octanol–water partition coefficient (Wildman–Crippen LogP) is 3.64. The van der Waals surface area contributed by atoms with E-state index in [0.29, 0.717) is 6.54 Å². The number of sulfonamides is 1. The van der Waals surface area contributed by atoms with E-state index >= 15 is 0 Å². The molecule has 1 aliphatic heterocycles. The van der Waals surface area contributed by atoms with Crippen LogP contribution in [-0.4, -0.2) is 31.2 Å². The number of carbonyl (C=O) groups excluding carboxylic acids is 1. The molecule has 7 heteroatoms. The van der Waals surface area contributed by atoms with Crippen molar-refractivity contribution in [2.24, 2.45) is 0 Å². The number of hydrogen-bond acceptors (Lipinski definition) is 3. The first-order valence-electron chi connectivity index (χ1n) is 8.57. The predicted molar refractivity (Wildman–Crippen MR) is 98.0 cm³/mol. The van der Waals surface area contributed by atoms with Crippen LogP contribution in [0.4, 0.5) is 10.1 Å². The fourth-order valence-electron chi connectivity index (χ4n) is 3.12. The molecule has 1 saturated heterocycles. The van der Waals surface area contributed by atoms with E-state index in [-0.39, 0.29) is 22.2 Å². The summed E-state index contributed by atoms with van der Waals surface area (Å²) >= 11 is 0. The second-order valence-corrected chi connectivity index (χ2v) is 8.31. The molecule has 138 valence electrons. The Balaban J connectivity index is 1.86. The number of halogens is 1. The van der Waals surface area contributed by atoms with E-state index in [9.17, 15) is 17.6 Å². The average Bonchev–Trinajstić information content (AvgIpc) is 2.64. The highest BCUT2D eigenvalue weighted by Crippen LogP contribution is 2.25. The molecule has 1 N–H and O–H groups in total. The molecule has 0 saturated carbocycles. The van der Waals surface area contributed by atoms with E-state index in [4.69, 9.17) is 0 Å². The monoisotopic (exact) mass is 376 g/mol. The fourth-order valence-corrected chi connectivity index (χ4v) is 4.86. The van der Waals surface area contributed by atoms with Gasteiger partial charge in [0.2, 0.25) is 10.0 Å². The van der Waals surface area contributed by atoms with Crippen LogP contribution >= 0.6 is 0 Å². The number of rotatable bonds is 4. The average molecular weight is 376 g/mol. The molecule has 1 atom stereocenters. The number of anilines is 1. The Morgan fingerprint density at radius 3 is 2.65 bits per heavy atom. The van der Waals surface area contributed by atoms with Gasteiger partial charge in [-0.25, -0.2) is 12.8 Å². The van der Waals surface area contributed by atoms with Gasteiger partial charge in [-0.2, -0.15) is 4.31 Å². The van der Waals surface area contributed by atoms with Crippen LogP contribution in [0.15, 0.2) is 53.4 Å². The van der Waals surface area contributed by atoms with Gasteiger partial charge in [0.1, 0.15) is 5.82 Å². The van der Waals surface area contributed by atoms with Crippen LogP contribution in [0.3, 0.4) is 0 Å². The van der Waals surface area contributed by atoms with Crippen molar-refractivity contribution < 1.29 is 17.6 Å². The molecule has 1 heterocycles. The standard InChI is InChI=1S/C19H21FN2O3S/c1-14-7-4-5-12-22(14)26(24,25)16-9-6-8-15(13-16)19(23)21-18-11-3-2-10-17(18)20/h2-3,6,8-11,13-14H,4-5,7,12H2,1H3,(H,21,23)/t14-/m0/s1. The molecule has 0 aliphatic carbocycles. The molecule has 0 spiro atoms. The first kappa shape index (κ1) is 18.5. The van der Waals surface area contributed by atoms with E-state index < -0.39 is 21.7 Å². The third kappa shape index (κ3) is 3.78. The lowest BCUT2D eigenvalue weighted by molar-refractivity contribution is 0.102. The van der Waals surface area contributed by atoms with Crippen molar-refractivity contribution in [2.75, 3.05) is 11.9 Å². The molecule has 5 nitrogen and oxygen atoms in total. The smallest absolute Gasteiger partial charge is 0.255 e. The second-order valence-electron chi connectivity index (χ2n) is 6.42. The van der Waals surface area contributed by atoms with Gasteiger partial charge in [0.05, 0.1) is 10.6 Å². The SMILES string of the molecule is C[C@H]1CCCCN1S(=O)(=O)c1cccc(C(=O)Nc2ccccc2F)c1. The Labute approximate surface area is 152 Å².